The van der Waals surface area contributed by atoms with Crippen molar-refractivity contribution in [3.8, 4) is 5.75 Å². The first kappa shape index (κ1) is 25.2. The average Bonchev–Trinajstić information content (AvgIpc) is 3.19. The second kappa shape index (κ2) is 10.2. The van der Waals surface area contributed by atoms with E-state index in [9.17, 15) is 9.59 Å². The fourth-order valence-electron chi connectivity index (χ4n) is 4.48. The second-order valence-corrected chi connectivity index (χ2v) is 10.3. The third kappa shape index (κ3) is 5.72. The number of likely N-dealkylation sites (tertiary alicyclic amines) is 1. The molecule has 0 unspecified atom stereocenters. The quantitative estimate of drug-likeness (QED) is 0.480. The number of carbonyl (C=O) groups is 2. The lowest BCUT2D eigenvalue weighted by Crippen LogP contribution is -2.36. The normalized spacial score (nSPS) is 18.3. The zero-order chi connectivity index (χ0) is 24.3. The number of thioether (sulfide) groups is 1. The van der Waals surface area contributed by atoms with Crippen LogP contribution in [0.5, 0.6) is 5.75 Å². The van der Waals surface area contributed by atoms with Gasteiger partial charge in [-0.15, -0.1) is 11.8 Å². The highest BCUT2D eigenvalue weighted by Gasteiger charge is 2.37. The van der Waals surface area contributed by atoms with Crippen molar-refractivity contribution in [2.24, 2.45) is 5.92 Å². The molecule has 6 heteroatoms. The van der Waals surface area contributed by atoms with Crippen LogP contribution in [0.15, 0.2) is 41.3 Å². The number of amides is 1. The van der Waals surface area contributed by atoms with Gasteiger partial charge in [0.05, 0.1) is 7.11 Å². The van der Waals surface area contributed by atoms with E-state index < -0.39 is 5.60 Å². The fourth-order valence-corrected chi connectivity index (χ4v) is 4.89. The topological polar surface area (TPSA) is 55.8 Å². The number of carbonyl (C=O) groups excluding carboxylic acids is 2. The van der Waals surface area contributed by atoms with Crippen LogP contribution in [-0.4, -0.2) is 48.8 Å². The third-order valence-electron chi connectivity index (χ3n) is 6.65. The van der Waals surface area contributed by atoms with Gasteiger partial charge in [0.2, 0.25) is 0 Å². The van der Waals surface area contributed by atoms with Gasteiger partial charge in [-0.3, -0.25) is 4.79 Å². The smallest absolute Gasteiger partial charge is 0.409 e. The Balaban J connectivity index is 1.91. The molecule has 1 aliphatic rings. The Morgan fingerprint density at radius 2 is 1.70 bits per heavy atom. The van der Waals surface area contributed by atoms with Crippen LogP contribution in [0.3, 0.4) is 0 Å². The maximum atomic E-state index is 12.3. The Morgan fingerprint density at radius 3 is 2.21 bits per heavy atom. The van der Waals surface area contributed by atoms with Crippen LogP contribution in [0.2, 0.25) is 0 Å². The summed E-state index contributed by atoms with van der Waals surface area (Å²) in [5.41, 5.74) is 3.58. The predicted molar refractivity (Wildman–Crippen MR) is 133 cm³/mol. The van der Waals surface area contributed by atoms with Gasteiger partial charge < -0.3 is 14.4 Å². The molecule has 0 saturated carbocycles. The summed E-state index contributed by atoms with van der Waals surface area (Å²) < 4.78 is 11.2. The van der Waals surface area contributed by atoms with Crippen molar-refractivity contribution >= 4 is 23.6 Å². The Kier molecular flexibility index (Phi) is 7.78. The average molecular weight is 470 g/mol. The first-order valence-corrected chi connectivity index (χ1v) is 12.5. The lowest BCUT2D eigenvalue weighted by molar-refractivity contribution is -0.129. The lowest BCUT2D eigenvalue weighted by Gasteiger charge is -2.27. The molecule has 3 rings (SSSR count). The molecule has 1 heterocycles. The molecule has 0 radical (unpaired) electrons. The molecular formula is C27H35NO4S. The number of rotatable bonds is 7. The number of nitrogens with zero attached hydrogens (tertiary/aromatic N) is 1. The molecule has 0 bridgehead atoms. The van der Waals surface area contributed by atoms with Gasteiger partial charge in [0.25, 0.3) is 0 Å². The number of aryl methyl sites for hydroxylation is 2. The van der Waals surface area contributed by atoms with Crippen molar-refractivity contribution in [2.75, 3.05) is 26.5 Å². The SMILES string of the molecule is COC(=O)N1C[C@@H](Cc2ccc(SC)cc2)[C@H](c2cc(C)c(OC(C)(C)C(C)=O)c(C)c2)C1. The van der Waals surface area contributed by atoms with E-state index in [0.29, 0.717) is 13.1 Å². The standard InChI is InChI=1S/C27H35NO4S/c1-17-12-21(13-18(2)25(17)32-27(4,5)19(3)29)24-16-28(26(30)31-6)15-22(24)14-20-8-10-23(33-7)11-9-20/h8-13,22,24H,14-16H2,1-7H3/t22-,24+/m1/s1. The van der Waals surface area contributed by atoms with E-state index in [1.807, 2.05) is 13.8 Å². The Bertz CT molecular complexity index is 992. The predicted octanol–water partition coefficient (Wildman–Crippen LogP) is 5.80. The summed E-state index contributed by atoms with van der Waals surface area (Å²) >= 11 is 1.73. The number of hydrogen-bond acceptors (Lipinski definition) is 5. The van der Waals surface area contributed by atoms with E-state index in [1.54, 1.807) is 37.4 Å². The Hall–Kier alpha value is -2.47. The van der Waals surface area contributed by atoms with Crippen LogP contribution in [0.25, 0.3) is 0 Å². The zero-order valence-electron chi connectivity index (χ0n) is 20.7. The van der Waals surface area contributed by atoms with Crippen LogP contribution in [0, 0.1) is 19.8 Å². The highest BCUT2D eigenvalue weighted by Crippen LogP contribution is 2.39. The molecular weight excluding hydrogens is 434 g/mol. The van der Waals surface area contributed by atoms with Crippen molar-refractivity contribution < 1.29 is 19.1 Å². The minimum atomic E-state index is -0.877. The van der Waals surface area contributed by atoms with Gasteiger partial charge in [-0.2, -0.15) is 0 Å². The van der Waals surface area contributed by atoms with Gasteiger partial charge in [-0.05, 0) is 87.6 Å². The van der Waals surface area contributed by atoms with E-state index >= 15 is 0 Å². The minimum absolute atomic E-state index is 0.0116. The molecule has 2 aromatic rings. The first-order chi connectivity index (χ1) is 15.6. The molecule has 2 aromatic carbocycles. The number of hydrogen-bond donors (Lipinski definition) is 0. The van der Waals surface area contributed by atoms with Crippen LogP contribution in [-0.2, 0) is 16.0 Å². The number of Topliss-reactive ketones (excluding diaryl/α,β-unsaturated/α-hetero) is 1. The molecule has 0 aromatic heterocycles. The first-order valence-electron chi connectivity index (χ1n) is 11.3. The molecule has 1 aliphatic heterocycles. The van der Waals surface area contributed by atoms with E-state index in [1.165, 1.54) is 23.1 Å². The highest BCUT2D eigenvalue weighted by atomic mass is 32.2. The Morgan fingerprint density at radius 1 is 1.09 bits per heavy atom. The van der Waals surface area contributed by atoms with Gasteiger partial charge >= 0.3 is 6.09 Å². The maximum absolute atomic E-state index is 12.3. The molecule has 0 aliphatic carbocycles. The van der Waals surface area contributed by atoms with E-state index in [0.717, 1.165) is 23.3 Å². The van der Waals surface area contributed by atoms with Gasteiger partial charge in [0.1, 0.15) is 5.75 Å². The van der Waals surface area contributed by atoms with Crippen LogP contribution in [0.1, 0.15) is 48.9 Å². The molecule has 0 spiro atoms. The number of ketones is 1. The largest absolute Gasteiger partial charge is 0.480 e. The fraction of sp³-hybridized carbons (Fsp3) is 0.481. The van der Waals surface area contributed by atoms with E-state index in [-0.39, 0.29) is 23.7 Å². The summed E-state index contributed by atoms with van der Waals surface area (Å²) in [5.74, 6) is 1.22. The molecule has 1 saturated heterocycles. The monoisotopic (exact) mass is 469 g/mol. The van der Waals surface area contributed by atoms with Crippen molar-refractivity contribution in [1.82, 2.24) is 4.90 Å². The van der Waals surface area contributed by atoms with Crippen molar-refractivity contribution in [3.05, 3.63) is 58.7 Å². The molecule has 2 atom stereocenters. The summed E-state index contributed by atoms with van der Waals surface area (Å²) in [7, 11) is 1.43. The summed E-state index contributed by atoms with van der Waals surface area (Å²) in [6.45, 7) is 10.5. The van der Waals surface area contributed by atoms with Crippen LogP contribution < -0.4 is 4.74 Å². The molecule has 178 valence electrons. The second-order valence-electron chi connectivity index (χ2n) is 9.45. The van der Waals surface area contributed by atoms with Gasteiger partial charge in [0.15, 0.2) is 11.4 Å². The highest BCUT2D eigenvalue weighted by molar-refractivity contribution is 7.98. The van der Waals surface area contributed by atoms with Gasteiger partial charge in [0, 0.05) is 23.9 Å². The maximum Gasteiger partial charge on any atom is 0.409 e. The summed E-state index contributed by atoms with van der Waals surface area (Å²) in [4.78, 5) is 27.4. The van der Waals surface area contributed by atoms with Crippen LogP contribution >= 0.6 is 11.8 Å². The molecule has 1 fully saturated rings. The molecule has 5 nitrogen and oxygen atoms in total. The van der Waals surface area contributed by atoms with Crippen molar-refractivity contribution in [3.63, 3.8) is 0 Å². The molecule has 1 amide bonds. The Labute approximate surface area is 201 Å². The van der Waals surface area contributed by atoms with Gasteiger partial charge in [-0.25, -0.2) is 4.79 Å². The zero-order valence-corrected chi connectivity index (χ0v) is 21.5. The van der Waals surface area contributed by atoms with Crippen molar-refractivity contribution in [1.29, 1.82) is 0 Å². The van der Waals surface area contributed by atoms with E-state index in [4.69, 9.17) is 9.47 Å². The van der Waals surface area contributed by atoms with Crippen molar-refractivity contribution in [2.45, 2.75) is 57.5 Å². The van der Waals surface area contributed by atoms with Gasteiger partial charge in [-0.1, -0.05) is 24.3 Å². The lowest BCUT2D eigenvalue weighted by atomic mass is 9.83. The molecule has 33 heavy (non-hydrogen) atoms. The van der Waals surface area contributed by atoms with Crippen LogP contribution in [0.4, 0.5) is 4.79 Å². The molecule has 0 N–H and O–H groups in total. The number of benzene rings is 2. The number of ether oxygens (including phenoxy) is 2. The summed E-state index contributed by atoms with van der Waals surface area (Å²) in [5, 5.41) is 0. The summed E-state index contributed by atoms with van der Waals surface area (Å²) in [6.07, 6.45) is 2.68. The summed E-state index contributed by atoms with van der Waals surface area (Å²) in [6, 6.07) is 13.0. The number of methoxy groups -OCH3 is 1. The third-order valence-corrected chi connectivity index (χ3v) is 7.39. The minimum Gasteiger partial charge on any atom is -0.480 e. The van der Waals surface area contributed by atoms with E-state index in [2.05, 4.69) is 42.7 Å².